The van der Waals surface area contributed by atoms with Crippen LogP contribution in [0.2, 0.25) is 0 Å². The van der Waals surface area contributed by atoms with E-state index in [2.05, 4.69) is 4.90 Å². The van der Waals surface area contributed by atoms with Gasteiger partial charge in [0.25, 0.3) is 0 Å². The molecule has 0 aromatic heterocycles. The van der Waals surface area contributed by atoms with Crippen LogP contribution < -0.4 is 0 Å². The van der Waals surface area contributed by atoms with Gasteiger partial charge in [0.15, 0.2) is 0 Å². The van der Waals surface area contributed by atoms with Gasteiger partial charge in [-0.25, -0.2) is 4.39 Å². The number of likely N-dealkylation sites (tertiary alicyclic amines) is 1. The number of halogens is 1. The highest BCUT2D eigenvalue weighted by molar-refractivity contribution is 5.17. The van der Waals surface area contributed by atoms with Crippen LogP contribution in [0.3, 0.4) is 0 Å². The van der Waals surface area contributed by atoms with Crippen LogP contribution in [-0.2, 0) is 16.0 Å². The molecule has 2 atom stereocenters. The first-order valence-electron chi connectivity index (χ1n) is 7.79. The number of hydrogen-bond donors (Lipinski definition) is 0. The molecule has 2 aliphatic rings. The van der Waals surface area contributed by atoms with Crippen LogP contribution in [0.25, 0.3) is 0 Å². The summed E-state index contributed by atoms with van der Waals surface area (Å²) in [7, 11) is 1.75. The van der Waals surface area contributed by atoms with Gasteiger partial charge in [-0.05, 0) is 31.2 Å². The van der Waals surface area contributed by atoms with Gasteiger partial charge in [0.05, 0.1) is 12.2 Å². The Labute approximate surface area is 126 Å². The Morgan fingerprint density at radius 1 is 1.43 bits per heavy atom. The fourth-order valence-electron chi connectivity index (χ4n) is 3.62. The lowest BCUT2D eigenvalue weighted by Crippen LogP contribution is -2.32. The molecule has 0 unspecified atom stereocenters. The lowest BCUT2D eigenvalue weighted by atomic mass is 9.92. The summed E-state index contributed by atoms with van der Waals surface area (Å²) in [6, 6.07) is 7.05. The first-order chi connectivity index (χ1) is 10.2. The van der Waals surface area contributed by atoms with Gasteiger partial charge >= 0.3 is 0 Å². The van der Waals surface area contributed by atoms with Crippen molar-refractivity contribution in [2.24, 2.45) is 5.92 Å². The standard InChI is InChI=1S/C17H24FNO2/c1-20-9-6-14-10-17(21-12-14)7-8-19(13-17)11-15-4-2-3-5-16(15)18/h2-5,14H,6-13H2,1H3/t14-,17-/m0/s1. The van der Waals surface area contributed by atoms with Crippen molar-refractivity contribution in [3.8, 4) is 0 Å². The minimum Gasteiger partial charge on any atom is -0.385 e. The molecule has 0 aliphatic carbocycles. The van der Waals surface area contributed by atoms with E-state index in [4.69, 9.17) is 9.47 Å². The van der Waals surface area contributed by atoms with Crippen LogP contribution in [0, 0.1) is 11.7 Å². The van der Waals surface area contributed by atoms with Crippen LogP contribution in [-0.4, -0.2) is 43.9 Å². The van der Waals surface area contributed by atoms with Crippen LogP contribution >= 0.6 is 0 Å². The average Bonchev–Trinajstić information content (AvgIpc) is 3.07. The summed E-state index contributed by atoms with van der Waals surface area (Å²) in [5.41, 5.74) is 0.785. The molecule has 3 rings (SSSR count). The van der Waals surface area contributed by atoms with Crippen LogP contribution in [0.1, 0.15) is 24.8 Å². The number of benzene rings is 1. The Hall–Kier alpha value is -0.970. The molecule has 2 fully saturated rings. The third-order valence-corrected chi connectivity index (χ3v) is 4.76. The predicted octanol–water partition coefficient (Wildman–Crippen LogP) is 2.84. The van der Waals surface area contributed by atoms with E-state index in [1.54, 1.807) is 13.2 Å². The van der Waals surface area contributed by atoms with Crippen molar-refractivity contribution in [2.75, 3.05) is 33.4 Å². The molecule has 0 radical (unpaired) electrons. The summed E-state index contributed by atoms with van der Waals surface area (Å²) < 4.78 is 25.0. The fourth-order valence-corrected chi connectivity index (χ4v) is 3.62. The number of hydrogen-bond acceptors (Lipinski definition) is 3. The molecule has 0 saturated carbocycles. The molecule has 0 N–H and O–H groups in total. The van der Waals surface area contributed by atoms with E-state index in [1.807, 2.05) is 12.1 Å². The number of nitrogens with zero attached hydrogens (tertiary/aromatic N) is 1. The van der Waals surface area contributed by atoms with Gasteiger partial charge in [-0.15, -0.1) is 0 Å². The Morgan fingerprint density at radius 2 is 2.29 bits per heavy atom. The molecule has 116 valence electrons. The summed E-state index contributed by atoms with van der Waals surface area (Å²) >= 11 is 0. The molecule has 21 heavy (non-hydrogen) atoms. The van der Waals surface area contributed by atoms with Gasteiger partial charge in [0.1, 0.15) is 5.82 Å². The maximum absolute atomic E-state index is 13.7. The minimum absolute atomic E-state index is 0.00364. The van der Waals surface area contributed by atoms with Crippen molar-refractivity contribution in [3.05, 3.63) is 35.6 Å². The van der Waals surface area contributed by atoms with Gasteiger partial charge in [-0.2, -0.15) is 0 Å². The van der Waals surface area contributed by atoms with Crippen molar-refractivity contribution in [1.29, 1.82) is 0 Å². The van der Waals surface area contributed by atoms with Crippen molar-refractivity contribution in [1.82, 2.24) is 4.90 Å². The summed E-state index contributed by atoms with van der Waals surface area (Å²) in [6.45, 7) is 4.25. The zero-order chi connectivity index (χ0) is 14.7. The van der Waals surface area contributed by atoms with E-state index >= 15 is 0 Å². The van der Waals surface area contributed by atoms with Crippen molar-refractivity contribution in [3.63, 3.8) is 0 Å². The van der Waals surface area contributed by atoms with Crippen molar-refractivity contribution < 1.29 is 13.9 Å². The van der Waals surface area contributed by atoms with Crippen LogP contribution in [0.5, 0.6) is 0 Å². The second-order valence-electron chi connectivity index (χ2n) is 6.40. The Morgan fingerprint density at radius 3 is 3.10 bits per heavy atom. The third kappa shape index (κ3) is 3.44. The molecule has 2 saturated heterocycles. The lowest BCUT2D eigenvalue weighted by Gasteiger charge is -2.23. The second-order valence-corrected chi connectivity index (χ2v) is 6.40. The topological polar surface area (TPSA) is 21.7 Å². The summed E-state index contributed by atoms with van der Waals surface area (Å²) in [4.78, 5) is 2.32. The summed E-state index contributed by atoms with van der Waals surface area (Å²) in [5.74, 6) is 0.502. The van der Waals surface area contributed by atoms with Gasteiger partial charge in [0, 0.05) is 38.9 Å². The summed E-state index contributed by atoms with van der Waals surface area (Å²) in [6.07, 6.45) is 3.25. The number of methoxy groups -OCH3 is 1. The zero-order valence-corrected chi connectivity index (χ0v) is 12.7. The fraction of sp³-hybridized carbons (Fsp3) is 0.647. The first kappa shape index (κ1) is 14.9. The minimum atomic E-state index is -0.108. The Kier molecular flexibility index (Phi) is 4.57. The van der Waals surface area contributed by atoms with Gasteiger partial charge in [0.2, 0.25) is 0 Å². The lowest BCUT2D eigenvalue weighted by molar-refractivity contribution is 0.0107. The molecule has 1 aromatic carbocycles. The molecule has 0 amide bonds. The SMILES string of the molecule is COCC[C@@H]1CO[C@@]2(CCN(Cc3ccccc3F)C2)C1. The Balaban J connectivity index is 1.55. The highest BCUT2D eigenvalue weighted by Crippen LogP contribution is 2.39. The molecule has 2 heterocycles. The van der Waals surface area contributed by atoms with E-state index in [-0.39, 0.29) is 11.4 Å². The maximum Gasteiger partial charge on any atom is 0.127 e. The first-order valence-corrected chi connectivity index (χ1v) is 7.79. The van der Waals surface area contributed by atoms with E-state index in [0.29, 0.717) is 12.5 Å². The van der Waals surface area contributed by atoms with Crippen LogP contribution in [0.15, 0.2) is 24.3 Å². The van der Waals surface area contributed by atoms with Gasteiger partial charge in [-0.1, -0.05) is 18.2 Å². The molecule has 1 spiro atoms. The zero-order valence-electron chi connectivity index (χ0n) is 12.7. The summed E-state index contributed by atoms with van der Waals surface area (Å²) in [5, 5.41) is 0. The molecule has 2 aliphatic heterocycles. The Bertz CT molecular complexity index is 482. The van der Waals surface area contributed by atoms with E-state index in [9.17, 15) is 4.39 Å². The largest absolute Gasteiger partial charge is 0.385 e. The molecule has 4 heteroatoms. The maximum atomic E-state index is 13.7. The van der Waals surface area contributed by atoms with Gasteiger partial charge < -0.3 is 9.47 Å². The second kappa shape index (κ2) is 6.42. The van der Waals surface area contributed by atoms with Gasteiger partial charge in [-0.3, -0.25) is 4.90 Å². The highest BCUT2D eigenvalue weighted by Gasteiger charge is 2.45. The molecule has 0 bridgehead atoms. The number of rotatable bonds is 5. The van der Waals surface area contributed by atoms with Crippen molar-refractivity contribution in [2.45, 2.75) is 31.4 Å². The quantitative estimate of drug-likeness (QED) is 0.833. The van der Waals surface area contributed by atoms with E-state index in [0.717, 1.165) is 51.1 Å². The number of ether oxygens (including phenoxy) is 2. The monoisotopic (exact) mass is 293 g/mol. The highest BCUT2D eigenvalue weighted by atomic mass is 19.1. The predicted molar refractivity (Wildman–Crippen MR) is 79.6 cm³/mol. The molecule has 1 aromatic rings. The van der Waals surface area contributed by atoms with Crippen molar-refractivity contribution >= 4 is 0 Å². The van der Waals surface area contributed by atoms with Crippen LogP contribution in [0.4, 0.5) is 4.39 Å². The molecular formula is C17H24FNO2. The third-order valence-electron chi connectivity index (χ3n) is 4.76. The normalized spacial score (nSPS) is 29.5. The van der Waals surface area contributed by atoms with E-state index < -0.39 is 0 Å². The van der Waals surface area contributed by atoms with E-state index in [1.165, 1.54) is 6.07 Å². The molecular weight excluding hydrogens is 269 g/mol. The average molecular weight is 293 g/mol. The smallest absolute Gasteiger partial charge is 0.127 e. The molecule has 3 nitrogen and oxygen atoms in total.